The lowest BCUT2D eigenvalue weighted by molar-refractivity contribution is -0.385. The number of rotatable bonds is 4. The van der Waals surface area contributed by atoms with Gasteiger partial charge >= 0.3 is 5.69 Å². The molecule has 6 nitrogen and oxygen atoms in total. The van der Waals surface area contributed by atoms with E-state index >= 15 is 0 Å². The van der Waals surface area contributed by atoms with Crippen LogP contribution in [-0.4, -0.2) is 21.5 Å². The summed E-state index contributed by atoms with van der Waals surface area (Å²) >= 11 is 0. The van der Waals surface area contributed by atoms with E-state index in [0.29, 0.717) is 4.90 Å². The van der Waals surface area contributed by atoms with E-state index in [0.717, 1.165) is 12.8 Å². The molecule has 2 rings (SSSR count). The molecular weight excluding hydrogens is 244 g/mol. The van der Waals surface area contributed by atoms with Gasteiger partial charge in [0, 0.05) is 17.4 Å². The zero-order chi connectivity index (χ0) is 12.6. The highest BCUT2D eigenvalue weighted by Gasteiger charge is 2.34. The number of nitro benzene ring substituents is 1. The van der Waals surface area contributed by atoms with Gasteiger partial charge in [-0.15, -0.1) is 0 Å². The highest BCUT2D eigenvalue weighted by atomic mass is 32.2. The maximum absolute atomic E-state index is 12.1. The van der Waals surface area contributed by atoms with Crippen LogP contribution in [-0.2, 0) is 9.73 Å². The van der Waals surface area contributed by atoms with Crippen molar-refractivity contribution in [2.75, 3.05) is 7.11 Å². The van der Waals surface area contributed by atoms with Crippen LogP contribution in [0.2, 0.25) is 0 Å². The fourth-order valence-electron chi connectivity index (χ4n) is 1.59. The van der Waals surface area contributed by atoms with E-state index in [1.165, 1.54) is 25.3 Å². The predicted octanol–water partition coefficient (Wildman–Crippen LogP) is 2.17. The summed E-state index contributed by atoms with van der Waals surface area (Å²) in [6.45, 7) is 0. The summed E-state index contributed by atoms with van der Waals surface area (Å²) < 4.78 is 24.9. The summed E-state index contributed by atoms with van der Waals surface area (Å²) in [6, 6.07) is 3.96. The maximum atomic E-state index is 12.1. The molecule has 7 heteroatoms. The van der Waals surface area contributed by atoms with Crippen LogP contribution in [0.15, 0.2) is 23.1 Å². The van der Waals surface area contributed by atoms with E-state index in [-0.39, 0.29) is 16.7 Å². The zero-order valence-electron chi connectivity index (χ0n) is 9.21. The number of nitro groups is 1. The smallest absolute Gasteiger partial charge is 0.310 e. The summed E-state index contributed by atoms with van der Waals surface area (Å²) in [5, 5.41) is 10.6. The van der Waals surface area contributed by atoms with Crippen molar-refractivity contribution in [3.8, 4) is 5.75 Å². The molecule has 0 bridgehead atoms. The molecule has 1 unspecified atom stereocenters. The first-order chi connectivity index (χ1) is 7.96. The predicted molar refractivity (Wildman–Crippen MR) is 61.8 cm³/mol. The first-order valence-corrected chi connectivity index (χ1v) is 6.69. The van der Waals surface area contributed by atoms with Crippen LogP contribution >= 0.6 is 0 Å². The Balaban J connectivity index is 2.48. The summed E-state index contributed by atoms with van der Waals surface area (Å²) in [4.78, 5) is 10.4. The molecule has 0 amide bonds. The average molecular weight is 256 g/mol. The second kappa shape index (κ2) is 3.99. The molecule has 1 aliphatic carbocycles. The Bertz CT molecular complexity index is 564. The van der Waals surface area contributed by atoms with Gasteiger partial charge in [0.2, 0.25) is 0 Å². The largest absolute Gasteiger partial charge is 0.490 e. The first kappa shape index (κ1) is 11.8. The van der Waals surface area contributed by atoms with Crippen LogP contribution in [0.3, 0.4) is 0 Å². The lowest BCUT2D eigenvalue weighted by Gasteiger charge is -2.08. The van der Waals surface area contributed by atoms with Gasteiger partial charge in [0.25, 0.3) is 0 Å². The van der Waals surface area contributed by atoms with Gasteiger partial charge in [-0.25, -0.2) is 8.99 Å². The highest BCUT2D eigenvalue weighted by molar-refractivity contribution is 7.93. The standard InChI is InChI=1S/C10H12N2O4S/c1-16-10-6-8(4-5-9(10)12(13)14)17(11,15)7-2-3-7/h4-7,11H,2-3H2,1H3. The Morgan fingerprint density at radius 2 is 2.18 bits per heavy atom. The zero-order valence-corrected chi connectivity index (χ0v) is 10.0. The number of benzene rings is 1. The molecule has 1 saturated carbocycles. The third-order valence-corrected chi connectivity index (χ3v) is 5.06. The quantitative estimate of drug-likeness (QED) is 0.659. The van der Waals surface area contributed by atoms with Crippen LogP contribution in [0.4, 0.5) is 5.69 Å². The second-order valence-electron chi connectivity index (χ2n) is 3.89. The average Bonchev–Trinajstić information content (AvgIpc) is 3.11. The Kier molecular flexibility index (Phi) is 2.78. The number of nitrogens with one attached hydrogen (secondary N) is 1. The molecular formula is C10H12N2O4S. The normalized spacial score (nSPS) is 18.4. The van der Waals surface area contributed by atoms with Crippen molar-refractivity contribution in [3.63, 3.8) is 0 Å². The van der Waals surface area contributed by atoms with E-state index in [2.05, 4.69) is 0 Å². The molecule has 1 fully saturated rings. The van der Waals surface area contributed by atoms with Crippen LogP contribution in [0, 0.1) is 14.9 Å². The third kappa shape index (κ3) is 2.10. The number of nitrogens with zero attached hydrogens (tertiary/aromatic N) is 1. The molecule has 1 aromatic carbocycles. The van der Waals surface area contributed by atoms with Crippen LogP contribution in [0.5, 0.6) is 5.75 Å². The molecule has 17 heavy (non-hydrogen) atoms. The molecule has 1 N–H and O–H groups in total. The van der Waals surface area contributed by atoms with E-state index in [4.69, 9.17) is 9.52 Å². The van der Waals surface area contributed by atoms with Gasteiger partial charge in [0.1, 0.15) is 0 Å². The molecule has 92 valence electrons. The number of hydrogen-bond donors (Lipinski definition) is 1. The first-order valence-electron chi connectivity index (χ1n) is 5.07. The van der Waals surface area contributed by atoms with Gasteiger partial charge in [0.15, 0.2) is 5.75 Å². The molecule has 1 atom stereocenters. The summed E-state index contributed by atoms with van der Waals surface area (Å²) in [6.07, 6.45) is 1.56. The fraction of sp³-hybridized carbons (Fsp3) is 0.400. The van der Waals surface area contributed by atoms with Crippen molar-refractivity contribution >= 4 is 15.4 Å². The molecule has 1 aliphatic rings. The summed E-state index contributed by atoms with van der Waals surface area (Å²) in [7, 11) is -1.53. The monoisotopic (exact) mass is 256 g/mol. The van der Waals surface area contributed by atoms with Crippen molar-refractivity contribution in [2.24, 2.45) is 0 Å². The minimum Gasteiger partial charge on any atom is -0.490 e. The minimum absolute atomic E-state index is 0.0492. The van der Waals surface area contributed by atoms with Crippen molar-refractivity contribution < 1.29 is 13.9 Å². The SMILES string of the molecule is COc1cc(S(=N)(=O)C2CC2)ccc1[N+](=O)[O-]. The van der Waals surface area contributed by atoms with Crippen molar-refractivity contribution in [2.45, 2.75) is 23.0 Å². The van der Waals surface area contributed by atoms with Crippen molar-refractivity contribution in [1.29, 1.82) is 4.78 Å². The number of methoxy groups -OCH3 is 1. The molecule has 0 spiro atoms. The van der Waals surface area contributed by atoms with Crippen LogP contribution < -0.4 is 4.74 Å². The number of ether oxygens (including phenoxy) is 1. The number of hydrogen-bond acceptors (Lipinski definition) is 5. The van der Waals surface area contributed by atoms with Gasteiger partial charge in [0.05, 0.1) is 26.7 Å². The van der Waals surface area contributed by atoms with Gasteiger partial charge < -0.3 is 4.74 Å². The van der Waals surface area contributed by atoms with Gasteiger partial charge in [-0.3, -0.25) is 10.1 Å². The lowest BCUT2D eigenvalue weighted by Crippen LogP contribution is -2.06. The molecule has 1 aromatic rings. The Morgan fingerprint density at radius 3 is 2.65 bits per heavy atom. The molecule has 0 aromatic heterocycles. The summed E-state index contributed by atoms with van der Waals surface area (Å²) in [5.74, 6) is 0.0492. The van der Waals surface area contributed by atoms with Crippen LogP contribution in [0.25, 0.3) is 0 Å². The van der Waals surface area contributed by atoms with Crippen molar-refractivity contribution in [1.82, 2.24) is 0 Å². The Labute approximate surface area is 98.7 Å². The minimum atomic E-state index is -2.84. The molecule has 0 aliphatic heterocycles. The highest BCUT2D eigenvalue weighted by Crippen LogP contribution is 2.37. The van der Waals surface area contributed by atoms with E-state index < -0.39 is 14.7 Å². The van der Waals surface area contributed by atoms with Gasteiger partial charge in [-0.05, 0) is 18.9 Å². The van der Waals surface area contributed by atoms with Gasteiger partial charge in [-0.2, -0.15) is 0 Å². The van der Waals surface area contributed by atoms with E-state index in [1.807, 2.05) is 0 Å². The molecule has 0 saturated heterocycles. The Morgan fingerprint density at radius 1 is 1.53 bits per heavy atom. The summed E-state index contributed by atoms with van der Waals surface area (Å²) in [5.41, 5.74) is -0.178. The van der Waals surface area contributed by atoms with Crippen molar-refractivity contribution in [3.05, 3.63) is 28.3 Å². The van der Waals surface area contributed by atoms with Gasteiger partial charge in [-0.1, -0.05) is 0 Å². The second-order valence-corrected chi connectivity index (χ2v) is 6.23. The molecule has 0 radical (unpaired) electrons. The van der Waals surface area contributed by atoms with E-state index in [1.54, 1.807) is 0 Å². The topological polar surface area (TPSA) is 93.3 Å². The fourth-order valence-corrected chi connectivity index (χ4v) is 3.33. The lowest BCUT2D eigenvalue weighted by atomic mass is 10.3. The molecule has 0 heterocycles. The van der Waals surface area contributed by atoms with E-state index in [9.17, 15) is 14.3 Å². The maximum Gasteiger partial charge on any atom is 0.310 e. The third-order valence-electron chi connectivity index (χ3n) is 2.69. The van der Waals surface area contributed by atoms with Crippen LogP contribution in [0.1, 0.15) is 12.8 Å². The Hall–Kier alpha value is -1.63.